The Hall–Kier alpha value is -0.543. The normalized spacial score (nSPS) is 12.2. The van der Waals surface area contributed by atoms with Crippen LogP contribution in [0.25, 0.3) is 0 Å². The van der Waals surface area contributed by atoms with E-state index < -0.39 is 7.22 Å². The number of hydrogen-bond acceptors (Lipinski definition) is 2. The van der Waals surface area contributed by atoms with Gasteiger partial charge in [0.05, 0.1) is 0 Å². The van der Waals surface area contributed by atoms with E-state index in [2.05, 4.69) is 55.8 Å². The van der Waals surface area contributed by atoms with Gasteiger partial charge in [-0.05, 0) is 12.5 Å². The second kappa shape index (κ2) is 7.02. The molecule has 1 nitrogen and oxygen atoms in total. The fraction of sp³-hybridized carbons (Fsp3) is 0.500. The zero-order valence-corrected chi connectivity index (χ0v) is 13.2. The molecule has 1 aromatic carbocycles. The Balaban J connectivity index is 2.74. The van der Waals surface area contributed by atoms with Crippen LogP contribution in [-0.4, -0.2) is 20.0 Å². The molecule has 0 atom stereocenters. The SMILES string of the molecule is CCCC/N=C\c1ccccc1S[Si](C)(C)C. The van der Waals surface area contributed by atoms with Crippen LogP contribution in [0, 0.1) is 0 Å². The van der Waals surface area contributed by atoms with Gasteiger partial charge >= 0.3 is 0 Å². The Morgan fingerprint density at radius 2 is 1.94 bits per heavy atom. The molecule has 1 aromatic rings. The van der Waals surface area contributed by atoms with Crippen LogP contribution in [0.4, 0.5) is 0 Å². The number of benzene rings is 1. The van der Waals surface area contributed by atoms with E-state index in [-0.39, 0.29) is 0 Å². The lowest BCUT2D eigenvalue weighted by Gasteiger charge is -2.16. The summed E-state index contributed by atoms with van der Waals surface area (Å²) in [6.45, 7) is 10.3. The van der Waals surface area contributed by atoms with Gasteiger partial charge in [0.1, 0.15) is 7.22 Å². The molecule has 17 heavy (non-hydrogen) atoms. The summed E-state index contributed by atoms with van der Waals surface area (Å²) in [4.78, 5) is 5.88. The fourth-order valence-corrected chi connectivity index (χ4v) is 5.00. The molecule has 0 N–H and O–H groups in total. The molecule has 0 bridgehead atoms. The van der Waals surface area contributed by atoms with Crippen molar-refractivity contribution in [2.24, 2.45) is 4.99 Å². The zero-order chi connectivity index (χ0) is 12.7. The van der Waals surface area contributed by atoms with E-state index in [1.807, 2.05) is 17.4 Å². The molecule has 1 rings (SSSR count). The summed E-state index contributed by atoms with van der Waals surface area (Å²) in [5.74, 6) is 0. The highest BCUT2D eigenvalue weighted by atomic mass is 32.4. The van der Waals surface area contributed by atoms with E-state index >= 15 is 0 Å². The average molecular weight is 265 g/mol. The first-order valence-corrected chi connectivity index (χ1v) is 11.3. The molecular weight excluding hydrogens is 242 g/mol. The van der Waals surface area contributed by atoms with E-state index in [9.17, 15) is 0 Å². The summed E-state index contributed by atoms with van der Waals surface area (Å²) in [5.41, 5.74) is 1.27. The first-order chi connectivity index (χ1) is 8.03. The van der Waals surface area contributed by atoms with E-state index in [4.69, 9.17) is 0 Å². The maximum absolute atomic E-state index is 4.50. The van der Waals surface area contributed by atoms with Gasteiger partial charge in [0.2, 0.25) is 0 Å². The van der Waals surface area contributed by atoms with Crippen LogP contribution in [0.15, 0.2) is 34.2 Å². The minimum Gasteiger partial charge on any atom is -0.293 e. The first kappa shape index (κ1) is 14.5. The highest BCUT2D eigenvalue weighted by Crippen LogP contribution is 2.30. The van der Waals surface area contributed by atoms with Crippen molar-refractivity contribution in [3.05, 3.63) is 29.8 Å². The standard InChI is InChI=1S/C14H23NSSi/c1-5-6-11-15-12-13-9-7-8-10-14(13)16-17(2,3)4/h7-10,12H,5-6,11H2,1-4H3/b15-12-. The number of rotatable bonds is 6. The van der Waals surface area contributed by atoms with Crippen LogP contribution < -0.4 is 0 Å². The first-order valence-electron chi connectivity index (χ1n) is 6.31. The number of aliphatic imine (C=N–C) groups is 1. The van der Waals surface area contributed by atoms with Crippen molar-refractivity contribution < 1.29 is 0 Å². The van der Waals surface area contributed by atoms with Crippen molar-refractivity contribution in [2.45, 2.75) is 44.3 Å². The molecule has 0 radical (unpaired) electrons. The van der Waals surface area contributed by atoms with Crippen LogP contribution in [0.5, 0.6) is 0 Å². The highest BCUT2D eigenvalue weighted by Gasteiger charge is 2.16. The molecule has 0 saturated carbocycles. The van der Waals surface area contributed by atoms with Crippen LogP contribution in [-0.2, 0) is 0 Å². The Bertz CT molecular complexity index is 369. The molecule has 0 amide bonds. The largest absolute Gasteiger partial charge is 0.293 e. The van der Waals surface area contributed by atoms with Crippen LogP contribution >= 0.6 is 11.2 Å². The highest BCUT2D eigenvalue weighted by molar-refractivity contribution is 8.28. The molecule has 0 unspecified atom stereocenters. The predicted molar refractivity (Wildman–Crippen MR) is 83.0 cm³/mol. The third kappa shape index (κ3) is 6.08. The van der Waals surface area contributed by atoms with Crippen molar-refractivity contribution in [3.8, 4) is 0 Å². The third-order valence-electron chi connectivity index (χ3n) is 2.21. The monoisotopic (exact) mass is 265 g/mol. The molecule has 0 heterocycles. The second-order valence-electron chi connectivity index (χ2n) is 5.14. The number of nitrogens with zero attached hydrogens (tertiary/aromatic N) is 1. The summed E-state index contributed by atoms with van der Waals surface area (Å²) >= 11 is 2.04. The van der Waals surface area contributed by atoms with Crippen molar-refractivity contribution in [3.63, 3.8) is 0 Å². The Labute approximate surface area is 110 Å². The summed E-state index contributed by atoms with van der Waals surface area (Å²) in [6.07, 6.45) is 4.43. The lowest BCUT2D eigenvalue weighted by atomic mass is 10.2. The zero-order valence-electron chi connectivity index (χ0n) is 11.4. The fourth-order valence-electron chi connectivity index (χ4n) is 1.42. The van der Waals surface area contributed by atoms with Gasteiger partial charge in [0.25, 0.3) is 0 Å². The van der Waals surface area contributed by atoms with Gasteiger partial charge in [-0.25, -0.2) is 0 Å². The molecule has 0 aliphatic heterocycles. The number of unbranched alkanes of at least 4 members (excludes halogenated alkanes) is 1. The van der Waals surface area contributed by atoms with Gasteiger partial charge in [0, 0.05) is 23.2 Å². The Morgan fingerprint density at radius 1 is 1.24 bits per heavy atom. The van der Waals surface area contributed by atoms with Crippen molar-refractivity contribution in [1.29, 1.82) is 0 Å². The van der Waals surface area contributed by atoms with Crippen molar-refractivity contribution in [2.75, 3.05) is 6.54 Å². The Morgan fingerprint density at radius 3 is 2.59 bits per heavy atom. The molecule has 0 spiro atoms. The maximum Gasteiger partial charge on any atom is 0.114 e. The van der Waals surface area contributed by atoms with Crippen molar-refractivity contribution >= 4 is 24.6 Å². The molecule has 0 aromatic heterocycles. The van der Waals surface area contributed by atoms with Gasteiger partial charge in [0.15, 0.2) is 0 Å². The summed E-state index contributed by atoms with van der Waals surface area (Å²) in [6, 6.07) is 8.59. The summed E-state index contributed by atoms with van der Waals surface area (Å²) in [5, 5.41) is 0. The number of hydrogen-bond donors (Lipinski definition) is 0. The van der Waals surface area contributed by atoms with Gasteiger partial charge in [-0.2, -0.15) is 11.2 Å². The molecule has 0 saturated heterocycles. The van der Waals surface area contributed by atoms with Crippen molar-refractivity contribution in [1.82, 2.24) is 0 Å². The minimum absolute atomic E-state index is 0.947. The van der Waals surface area contributed by atoms with E-state index in [0.29, 0.717) is 0 Å². The molecule has 94 valence electrons. The van der Waals surface area contributed by atoms with Gasteiger partial charge in [-0.15, -0.1) is 0 Å². The quantitative estimate of drug-likeness (QED) is 0.407. The molecule has 0 fully saturated rings. The summed E-state index contributed by atoms with van der Waals surface area (Å²) in [7, 11) is -1.13. The van der Waals surface area contributed by atoms with Gasteiger partial charge in [-0.3, -0.25) is 4.99 Å². The van der Waals surface area contributed by atoms with E-state index in [1.165, 1.54) is 23.3 Å². The molecular formula is C14H23NSSi. The van der Waals surface area contributed by atoms with E-state index in [1.54, 1.807) is 0 Å². The third-order valence-corrected chi connectivity index (χ3v) is 5.91. The lowest BCUT2D eigenvalue weighted by Crippen LogP contribution is -2.13. The molecule has 0 aliphatic carbocycles. The molecule has 3 heteroatoms. The Kier molecular flexibility index (Phi) is 5.99. The van der Waals surface area contributed by atoms with Crippen LogP contribution in [0.2, 0.25) is 19.6 Å². The average Bonchev–Trinajstić information content (AvgIpc) is 2.24. The minimum atomic E-state index is -1.13. The smallest absolute Gasteiger partial charge is 0.114 e. The topological polar surface area (TPSA) is 12.4 Å². The second-order valence-corrected chi connectivity index (χ2v) is 14.3. The molecule has 0 aliphatic rings. The van der Waals surface area contributed by atoms with Crippen LogP contribution in [0.1, 0.15) is 25.3 Å². The van der Waals surface area contributed by atoms with E-state index in [0.717, 1.165) is 6.54 Å². The van der Waals surface area contributed by atoms with Gasteiger partial charge in [-0.1, -0.05) is 51.2 Å². The van der Waals surface area contributed by atoms with Crippen LogP contribution in [0.3, 0.4) is 0 Å². The maximum atomic E-state index is 4.50. The lowest BCUT2D eigenvalue weighted by molar-refractivity contribution is 0.810. The predicted octanol–water partition coefficient (Wildman–Crippen LogP) is 4.83. The van der Waals surface area contributed by atoms with Gasteiger partial charge < -0.3 is 0 Å². The summed E-state index contributed by atoms with van der Waals surface area (Å²) < 4.78 is 0.